The summed E-state index contributed by atoms with van der Waals surface area (Å²) in [5.41, 5.74) is -0.0501. The summed E-state index contributed by atoms with van der Waals surface area (Å²) in [5, 5.41) is 3.40. The van der Waals surface area contributed by atoms with Gasteiger partial charge in [-0.15, -0.1) is 0 Å². The van der Waals surface area contributed by atoms with Crippen LogP contribution in [0.2, 0.25) is 0 Å². The monoisotopic (exact) mass is 286 g/mol. The second kappa shape index (κ2) is 5.74. The molecular weight excluding hydrogens is 265 g/mol. The Kier molecular flexibility index (Phi) is 4.39. The standard InChI is InChI=1S/C15H21F3N2/c1-14(8-3-4-9-20(14)2)19-11-12-6-5-7-13(10-12)15(16,17)18/h5-7,10,19H,3-4,8-9,11H2,1-2H3. The Bertz CT molecular complexity index is 459. The highest BCUT2D eigenvalue weighted by atomic mass is 19.4. The molecule has 2 nitrogen and oxygen atoms in total. The smallest absolute Gasteiger partial charge is 0.295 e. The van der Waals surface area contributed by atoms with Crippen LogP contribution in [0.3, 0.4) is 0 Å². The Hall–Kier alpha value is -1.07. The SMILES string of the molecule is CN1CCCCC1(C)NCc1cccc(C(F)(F)F)c1. The first kappa shape index (κ1) is 15.3. The van der Waals surface area contributed by atoms with Crippen molar-refractivity contribution in [3.05, 3.63) is 35.4 Å². The summed E-state index contributed by atoms with van der Waals surface area (Å²) in [6.45, 7) is 3.58. The van der Waals surface area contributed by atoms with Gasteiger partial charge in [-0.2, -0.15) is 13.2 Å². The fourth-order valence-corrected chi connectivity index (χ4v) is 2.63. The summed E-state index contributed by atoms with van der Waals surface area (Å²) < 4.78 is 38.0. The lowest BCUT2D eigenvalue weighted by molar-refractivity contribution is -0.137. The van der Waals surface area contributed by atoms with Crippen LogP contribution >= 0.6 is 0 Å². The lowest BCUT2D eigenvalue weighted by Gasteiger charge is -2.43. The third kappa shape index (κ3) is 3.52. The average Bonchev–Trinajstić information content (AvgIpc) is 2.40. The van der Waals surface area contributed by atoms with Crippen molar-refractivity contribution in [2.45, 2.75) is 44.6 Å². The summed E-state index contributed by atoms with van der Waals surface area (Å²) in [7, 11) is 2.05. The van der Waals surface area contributed by atoms with Crippen molar-refractivity contribution in [1.82, 2.24) is 10.2 Å². The van der Waals surface area contributed by atoms with Crippen LogP contribution in [-0.4, -0.2) is 24.2 Å². The fraction of sp³-hybridized carbons (Fsp3) is 0.600. The van der Waals surface area contributed by atoms with Gasteiger partial charge in [0.2, 0.25) is 0 Å². The number of rotatable bonds is 3. The number of benzene rings is 1. The zero-order valence-electron chi connectivity index (χ0n) is 11.9. The predicted molar refractivity (Wildman–Crippen MR) is 73.2 cm³/mol. The van der Waals surface area contributed by atoms with Crippen LogP contribution in [-0.2, 0) is 12.7 Å². The van der Waals surface area contributed by atoms with E-state index < -0.39 is 11.7 Å². The zero-order chi connectivity index (χ0) is 14.8. The van der Waals surface area contributed by atoms with E-state index in [0.717, 1.165) is 25.5 Å². The van der Waals surface area contributed by atoms with Crippen LogP contribution in [0.1, 0.15) is 37.3 Å². The summed E-state index contributed by atoms with van der Waals surface area (Å²) in [4.78, 5) is 2.24. The van der Waals surface area contributed by atoms with Crippen LogP contribution in [0, 0.1) is 0 Å². The Morgan fingerprint density at radius 2 is 2.05 bits per heavy atom. The lowest BCUT2D eigenvalue weighted by Crippen LogP contribution is -2.57. The molecule has 1 unspecified atom stereocenters. The third-order valence-electron chi connectivity index (χ3n) is 4.18. The van der Waals surface area contributed by atoms with Gasteiger partial charge < -0.3 is 0 Å². The van der Waals surface area contributed by atoms with Gasteiger partial charge in [-0.05, 0) is 51.4 Å². The van der Waals surface area contributed by atoms with Crippen molar-refractivity contribution in [3.63, 3.8) is 0 Å². The third-order valence-corrected chi connectivity index (χ3v) is 4.18. The van der Waals surface area contributed by atoms with E-state index in [1.165, 1.54) is 18.6 Å². The van der Waals surface area contributed by atoms with E-state index in [9.17, 15) is 13.2 Å². The molecule has 0 spiro atoms. The molecule has 2 rings (SSSR count). The van der Waals surface area contributed by atoms with E-state index >= 15 is 0 Å². The highest BCUT2D eigenvalue weighted by Crippen LogP contribution is 2.30. The molecule has 1 aromatic carbocycles. The van der Waals surface area contributed by atoms with Gasteiger partial charge >= 0.3 is 6.18 Å². The van der Waals surface area contributed by atoms with E-state index in [1.54, 1.807) is 6.07 Å². The minimum absolute atomic E-state index is 0.132. The average molecular weight is 286 g/mol. The van der Waals surface area contributed by atoms with Gasteiger partial charge in [0.05, 0.1) is 11.2 Å². The van der Waals surface area contributed by atoms with Gasteiger partial charge in [0, 0.05) is 6.54 Å². The molecule has 0 amide bonds. The molecule has 0 aromatic heterocycles. The van der Waals surface area contributed by atoms with E-state index in [-0.39, 0.29) is 5.66 Å². The number of hydrogen-bond acceptors (Lipinski definition) is 2. The van der Waals surface area contributed by atoms with Crippen molar-refractivity contribution < 1.29 is 13.2 Å². The Morgan fingerprint density at radius 3 is 2.70 bits per heavy atom. The Balaban J connectivity index is 2.04. The van der Waals surface area contributed by atoms with Crippen LogP contribution in [0.15, 0.2) is 24.3 Å². The minimum atomic E-state index is -4.28. The molecule has 0 radical (unpaired) electrons. The van der Waals surface area contributed by atoms with E-state index in [4.69, 9.17) is 0 Å². The number of nitrogens with zero attached hydrogens (tertiary/aromatic N) is 1. The number of likely N-dealkylation sites (tertiary alicyclic amines) is 1. The number of halogens is 3. The quantitative estimate of drug-likeness (QED) is 0.913. The van der Waals surface area contributed by atoms with Crippen LogP contribution in [0.4, 0.5) is 13.2 Å². The molecule has 0 bridgehead atoms. The molecule has 20 heavy (non-hydrogen) atoms. The highest BCUT2D eigenvalue weighted by Gasteiger charge is 2.32. The fourth-order valence-electron chi connectivity index (χ4n) is 2.63. The maximum atomic E-state index is 12.7. The van der Waals surface area contributed by atoms with Gasteiger partial charge in [0.1, 0.15) is 0 Å². The van der Waals surface area contributed by atoms with Crippen molar-refractivity contribution in [3.8, 4) is 0 Å². The maximum Gasteiger partial charge on any atom is 0.416 e. The van der Waals surface area contributed by atoms with Crippen LogP contribution in [0.5, 0.6) is 0 Å². The molecule has 1 N–H and O–H groups in total. The van der Waals surface area contributed by atoms with E-state index in [2.05, 4.69) is 24.2 Å². The maximum absolute atomic E-state index is 12.7. The molecule has 112 valence electrons. The van der Waals surface area contributed by atoms with Gasteiger partial charge in [0.15, 0.2) is 0 Å². The van der Waals surface area contributed by atoms with E-state index in [0.29, 0.717) is 12.1 Å². The first-order chi connectivity index (χ1) is 9.31. The summed E-state index contributed by atoms with van der Waals surface area (Å²) in [6, 6.07) is 5.53. The molecule has 0 aliphatic carbocycles. The molecule has 0 saturated carbocycles. The Labute approximate surface area is 118 Å². The van der Waals surface area contributed by atoms with Gasteiger partial charge in [-0.3, -0.25) is 10.2 Å². The van der Waals surface area contributed by atoms with E-state index in [1.807, 2.05) is 0 Å². The van der Waals surface area contributed by atoms with Crippen molar-refractivity contribution >= 4 is 0 Å². The van der Waals surface area contributed by atoms with Crippen LogP contribution in [0.25, 0.3) is 0 Å². The molecule has 1 aromatic rings. The Morgan fingerprint density at radius 1 is 1.30 bits per heavy atom. The number of hydrogen-bond donors (Lipinski definition) is 1. The summed E-state index contributed by atoms with van der Waals surface area (Å²) in [5.74, 6) is 0. The largest absolute Gasteiger partial charge is 0.416 e. The molecular formula is C15H21F3N2. The van der Waals surface area contributed by atoms with Crippen LogP contribution < -0.4 is 5.32 Å². The number of nitrogens with one attached hydrogen (secondary N) is 1. The molecule has 1 atom stereocenters. The second-order valence-electron chi connectivity index (χ2n) is 5.70. The van der Waals surface area contributed by atoms with Gasteiger partial charge in [-0.1, -0.05) is 18.2 Å². The van der Waals surface area contributed by atoms with Gasteiger partial charge in [0.25, 0.3) is 0 Å². The lowest BCUT2D eigenvalue weighted by atomic mass is 9.97. The predicted octanol–water partition coefficient (Wildman–Crippen LogP) is 3.63. The topological polar surface area (TPSA) is 15.3 Å². The normalized spacial score (nSPS) is 24.9. The number of alkyl halides is 3. The summed E-state index contributed by atoms with van der Waals surface area (Å²) in [6.07, 6.45) is -0.933. The first-order valence-corrected chi connectivity index (χ1v) is 6.94. The molecule has 1 heterocycles. The van der Waals surface area contributed by atoms with Gasteiger partial charge in [-0.25, -0.2) is 0 Å². The van der Waals surface area contributed by atoms with Crippen molar-refractivity contribution in [2.75, 3.05) is 13.6 Å². The molecule has 1 fully saturated rings. The number of piperidine rings is 1. The van der Waals surface area contributed by atoms with Crippen molar-refractivity contribution in [1.29, 1.82) is 0 Å². The first-order valence-electron chi connectivity index (χ1n) is 6.94. The molecule has 1 aliphatic rings. The highest BCUT2D eigenvalue weighted by molar-refractivity contribution is 5.25. The molecule has 1 aliphatic heterocycles. The summed E-state index contributed by atoms with van der Waals surface area (Å²) >= 11 is 0. The molecule has 5 heteroatoms. The zero-order valence-corrected chi connectivity index (χ0v) is 11.9. The second-order valence-corrected chi connectivity index (χ2v) is 5.70. The van der Waals surface area contributed by atoms with Crippen molar-refractivity contribution in [2.24, 2.45) is 0 Å². The molecule has 1 saturated heterocycles. The minimum Gasteiger partial charge on any atom is -0.295 e.